The molecule has 0 atom stereocenters. The molecule has 0 spiro atoms. The van der Waals surface area contributed by atoms with E-state index in [4.69, 9.17) is 11.6 Å². The molecular weight excluding hydrogens is 314 g/mol. The molecule has 0 aromatic carbocycles. The Balaban J connectivity index is 2.02. The number of hydrogen-bond acceptors (Lipinski definition) is 2. The van der Waals surface area contributed by atoms with Crippen LogP contribution < -0.4 is 0 Å². The van der Waals surface area contributed by atoms with Crippen LogP contribution in [0.2, 0.25) is 5.02 Å². The van der Waals surface area contributed by atoms with Crippen molar-refractivity contribution in [1.29, 1.82) is 0 Å². The van der Waals surface area contributed by atoms with Crippen molar-refractivity contribution in [1.82, 2.24) is 14.7 Å². The van der Waals surface area contributed by atoms with Crippen molar-refractivity contribution in [3.63, 3.8) is 0 Å². The van der Waals surface area contributed by atoms with Crippen molar-refractivity contribution < 1.29 is 0 Å². The molecule has 1 saturated heterocycles. The fourth-order valence-electron chi connectivity index (χ4n) is 2.53. The first-order chi connectivity index (χ1) is 8.65. The predicted octanol–water partition coefficient (Wildman–Crippen LogP) is 3.47. The van der Waals surface area contributed by atoms with Gasteiger partial charge in [-0.15, -0.1) is 0 Å². The number of aryl methyl sites for hydroxylation is 2. The van der Waals surface area contributed by atoms with E-state index in [0.717, 1.165) is 35.1 Å². The second kappa shape index (κ2) is 6.40. The molecule has 1 aliphatic heterocycles. The highest BCUT2D eigenvalue weighted by atomic mass is 79.9. The van der Waals surface area contributed by atoms with Gasteiger partial charge in [0.1, 0.15) is 0 Å². The fourth-order valence-corrected chi connectivity index (χ4v) is 3.37. The Bertz CT molecular complexity index is 397. The minimum atomic E-state index is 0.842. The minimum absolute atomic E-state index is 0.842. The second-order valence-electron chi connectivity index (χ2n) is 5.04. The second-order valence-corrected chi connectivity index (χ2v) is 6.06. The van der Waals surface area contributed by atoms with Gasteiger partial charge in [0.15, 0.2) is 0 Å². The summed E-state index contributed by atoms with van der Waals surface area (Å²) in [6, 6.07) is 0. The minimum Gasteiger partial charge on any atom is -0.297 e. The van der Waals surface area contributed by atoms with Gasteiger partial charge < -0.3 is 0 Å². The van der Waals surface area contributed by atoms with Gasteiger partial charge in [-0.1, -0.05) is 27.5 Å². The quantitative estimate of drug-likeness (QED) is 0.786. The van der Waals surface area contributed by atoms with E-state index in [-0.39, 0.29) is 0 Å². The summed E-state index contributed by atoms with van der Waals surface area (Å²) in [6.07, 6.45) is 2.56. The molecule has 1 aromatic heterocycles. The zero-order chi connectivity index (χ0) is 13.1. The van der Waals surface area contributed by atoms with Crippen molar-refractivity contribution in [2.75, 3.05) is 18.4 Å². The van der Waals surface area contributed by atoms with Crippen LogP contribution in [0.5, 0.6) is 0 Å². The van der Waals surface area contributed by atoms with E-state index in [0.29, 0.717) is 0 Å². The van der Waals surface area contributed by atoms with Crippen LogP contribution >= 0.6 is 27.5 Å². The maximum atomic E-state index is 6.35. The smallest absolute Gasteiger partial charge is 0.0860 e. The van der Waals surface area contributed by atoms with Crippen LogP contribution in [-0.4, -0.2) is 33.1 Å². The number of piperidine rings is 1. The molecule has 18 heavy (non-hydrogen) atoms. The Labute approximate surface area is 123 Å². The largest absolute Gasteiger partial charge is 0.297 e. The summed E-state index contributed by atoms with van der Waals surface area (Å²) in [4.78, 5) is 2.49. The molecule has 0 saturated carbocycles. The summed E-state index contributed by atoms with van der Waals surface area (Å²) in [5.74, 6) is 0.842. The molecule has 102 valence electrons. The SMILES string of the molecule is CCn1nc(C)c(Cl)c1CN1CCC(CBr)CC1. The summed E-state index contributed by atoms with van der Waals surface area (Å²) in [7, 11) is 0. The molecule has 0 amide bonds. The molecule has 3 nitrogen and oxygen atoms in total. The van der Waals surface area contributed by atoms with Crippen LogP contribution in [-0.2, 0) is 13.1 Å². The van der Waals surface area contributed by atoms with E-state index < -0.39 is 0 Å². The van der Waals surface area contributed by atoms with Crippen molar-refractivity contribution in [3.8, 4) is 0 Å². The van der Waals surface area contributed by atoms with E-state index in [9.17, 15) is 0 Å². The van der Waals surface area contributed by atoms with Crippen LogP contribution in [0, 0.1) is 12.8 Å². The van der Waals surface area contributed by atoms with Crippen LogP contribution in [0.4, 0.5) is 0 Å². The van der Waals surface area contributed by atoms with Gasteiger partial charge >= 0.3 is 0 Å². The van der Waals surface area contributed by atoms with Gasteiger partial charge in [0.05, 0.1) is 16.4 Å². The number of halogens is 2. The lowest BCUT2D eigenvalue weighted by Gasteiger charge is -2.31. The average molecular weight is 335 g/mol. The number of nitrogens with zero attached hydrogens (tertiary/aromatic N) is 3. The molecule has 2 heterocycles. The molecule has 0 radical (unpaired) electrons. The van der Waals surface area contributed by atoms with E-state index in [1.54, 1.807) is 0 Å². The van der Waals surface area contributed by atoms with Crippen LogP contribution in [0.15, 0.2) is 0 Å². The molecular formula is C13H21BrClN3. The Morgan fingerprint density at radius 1 is 1.39 bits per heavy atom. The third-order valence-electron chi connectivity index (χ3n) is 3.75. The molecule has 1 aliphatic rings. The summed E-state index contributed by atoms with van der Waals surface area (Å²) in [5.41, 5.74) is 2.12. The molecule has 0 aliphatic carbocycles. The zero-order valence-corrected chi connectivity index (χ0v) is 13.5. The van der Waals surface area contributed by atoms with Gasteiger partial charge in [-0.3, -0.25) is 9.58 Å². The summed E-state index contributed by atoms with van der Waals surface area (Å²) >= 11 is 9.93. The number of rotatable bonds is 4. The topological polar surface area (TPSA) is 21.1 Å². The molecule has 5 heteroatoms. The summed E-state index contributed by atoms with van der Waals surface area (Å²) < 4.78 is 2.04. The third kappa shape index (κ3) is 3.09. The molecule has 2 rings (SSSR count). The maximum absolute atomic E-state index is 6.35. The Morgan fingerprint density at radius 2 is 2.06 bits per heavy atom. The number of hydrogen-bond donors (Lipinski definition) is 0. The Morgan fingerprint density at radius 3 is 2.61 bits per heavy atom. The van der Waals surface area contributed by atoms with Gasteiger partial charge in [-0.25, -0.2) is 0 Å². The highest BCUT2D eigenvalue weighted by molar-refractivity contribution is 9.09. The number of aromatic nitrogens is 2. The summed E-state index contributed by atoms with van der Waals surface area (Å²) in [6.45, 7) is 8.25. The fraction of sp³-hybridized carbons (Fsp3) is 0.769. The highest BCUT2D eigenvalue weighted by Gasteiger charge is 2.21. The van der Waals surface area contributed by atoms with Gasteiger partial charge in [0.25, 0.3) is 0 Å². The van der Waals surface area contributed by atoms with Crippen LogP contribution in [0.3, 0.4) is 0 Å². The monoisotopic (exact) mass is 333 g/mol. The van der Waals surface area contributed by atoms with Crippen LogP contribution in [0.25, 0.3) is 0 Å². The lowest BCUT2D eigenvalue weighted by Crippen LogP contribution is -2.34. The third-order valence-corrected chi connectivity index (χ3v) is 5.16. The highest BCUT2D eigenvalue weighted by Crippen LogP contribution is 2.25. The molecule has 0 N–H and O–H groups in total. The first-order valence-corrected chi connectivity index (χ1v) is 8.15. The molecule has 1 fully saturated rings. The molecule has 1 aromatic rings. The normalized spacial score (nSPS) is 18.4. The maximum Gasteiger partial charge on any atom is 0.0860 e. The van der Waals surface area contributed by atoms with Crippen molar-refractivity contribution in [2.45, 2.75) is 39.8 Å². The molecule has 0 bridgehead atoms. The van der Waals surface area contributed by atoms with Gasteiger partial charge in [0.2, 0.25) is 0 Å². The van der Waals surface area contributed by atoms with E-state index in [1.807, 2.05) is 11.6 Å². The van der Waals surface area contributed by atoms with E-state index in [1.165, 1.54) is 31.6 Å². The standard InChI is InChI=1S/C13H21BrClN3/c1-3-18-12(13(15)10(2)16-18)9-17-6-4-11(8-14)5-7-17/h11H,3-9H2,1-2H3. The summed E-state index contributed by atoms with van der Waals surface area (Å²) in [5, 5.41) is 6.46. The van der Waals surface area contributed by atoms with E-state index in [2.05, 4.69) is 32.9 Å². The van der Waals surface area contributed by atoms with Gasteiger partial charge in [-0.05, 0) is 45.7 Å². The average Bonchev–Trinajstić information content (AvgIpc) is 2.67. The first kappa shape index (κ1) is 14.4. The Kier molecular flexibility index (Phi) is 5.10. The Hall–Kier alpha value is -0.0600. The van der Waals surface area contributed by atoms with Crippen LogP contribution in [0.1, 0.15) is 31.2 Å². The van der Waals surface area contributed by atoms with Crippen molar-refractivity contribution >= 4 is 27.5 Å². The lowest BCUT2D eigenvalue weighted by molar-refractivity contribution is 0.183. The molecule has 0 unspecified atom stereocenters. The van der Waals surface area contributed by atoms with Gasteiger partial charge in [0, 0.05) is 18.4 Å². The predicted molar refractivity (Wildman–Crippen MR) is 79.4 cm³/mol. The first-order valence-electron chi connectivity index (χ1n) is 6.65. The van der Waals surface area contributed by atoms with Crippen molar-refractivity contribution in [2.24, 2.45) is 5.92 Å². The van der Waals surface area contributed by atoms with E-state index >= 15 is 0 Å². The number of alkyl halides is 1. The van der Waals surface area contributed by atoms with Gasteiger partial charge in [-0.2, -0.15) is 5.10 Å². The lowest BCUT2D eigenvalue weighted by atomic mass is 9.99. The van der Waals surface area contributed by atoms with Crippen molar-refractivity contribution in [3.05, 3.63) is 16.4 Å². The number of likely N-dealkylation sites (tertiary alicyclic amines) is 1. The zero-order valence-electron chi connectivity index (χ0n) is 11.1.